The molecule has 6 nitrogen and oxygen atoms in total. The summed E-state index contributed by atoms with van der Waals surface area (Å²) >= 11 is 3.92. The molecule has 1 aliphatic heterocycles. The minimum Gasteiger partial charge on any atom is -0.465 e. The summed E-state index contributed by atoms with van der Waals surface area (Å²) in [6.45, 7) is 2.59. The highest BCUT2D eigenvalue weighted by Crippen LogP contribution is 2.33. The van der Waals surface area contributed by atoms with Crippen LogP contribution in [-0.2, 0) is 0 Å². The fourth-order valence-electron chi connectivity index (χ4n) is 1.97. The molecule has 1 amide bonds. The molecule has 1 N–H and O–H groups in total. The molecule has 7 heteroatoms. The van der Waals surface area contributed by atoms with Gasteiger partial charge in [0.2, 0.25) is 5.89 Å². The van der Waals surface area contributed by atoms with Gasteiger partial charge in [-0.2, -0.15) is 0 Å². The van der Waals surface area contributed by atoms with Crippen molar-refractivity contribution in [3.8, 4) is 0 Å². The number of carbonyl (C=O) groups is 1. The van der Waals surface area contributed by atoms with Gasteiger partial charge in [0.05, 0.1) is 0 Å². The van der Waals surface area contributed by atoms with Crippen molar-refractivity contribution in [1.29, 1.82) is 0 Å². The normalized spacial score (nSPS) is 25.8. The van der Waals surface area contributed by atoms with E-state index in [0.29, 0.717) is 24.8 Å². The molecule has 0 aliphatic carbocycles. The monoisotopic (exact) mass is 243 g/mol. The molecular formula is C9H13N3O3S. The Morgan fingerprint density at radius 3 is 2.94 bits per heavy atom. The van der Waals surface area contributed by atoms with Gasteiger partial charge >= 0.3 is 6.09 Å². The van der Waals surface area contributed by atoms with Crippen molar-refractivity contribution in [3.05, 3.63) is 5.89 Å². The van der Waals surface area contributed by atoms with Crippen molar-refractivity contribution in [2.75, 3.05) is 6.54 Å². The van der Waals surface area contributed by atoms with Gasteiger partial charge in [-0.3, -0.25) is 4.90 Å². The van der Waals surface area contributed by atoms with Crippen LogP contribution in [0.3, 0.4) is 0 Å². The molecule has 0 radical (unpaired) electrons. The van der Waals surface area contributed by atoms with Crippen LogP contribution in [0, 0.1) is 5.92 Å². The lowest BCUT2D eigenvalue weighted by Crippen LogP contribution is -2.39. The molecule has 0 unspecified atom stereocenters. The quantitative estimate of drug-likeness (QED) is 0.735. The van der Waals surface area contributed by atoms with Crippen LogP contribution in [0.4, 0.5) is 4.79 Å². The first-order valence-electron chi connectivity index (χ1n) is 5.10. The van der Waals surface area contributed by atoms with E-state index in [9.17, 15) is 4.79 Å². The van der Waals surface area contributed by atoms with Crippen LogP contribution in [0.2, 0.25) is 0 Å². The van der Waals surface area contributed by atoms with E-state index in [2.05, 4.69) is 29.7 Å². The maximum Gasteiger partial charge on any atom is 0.407 e. The number of piperidine rings is 1. The van der Waals surface area contributed by atoms with Crippen LogP contribution in [-0.4, -0.2) is 32.8 Å². The third-order valence-electron chi connectivity index (χ3n) is 2.83. The van der Waals surface area contributed by atoms with Crippen LogP contribution in [0.5, 0.6) is 0 Å². The third kappa shape index (κ3) is 2.13. The highest BCUT2D eigenvalue weighted by atomic mass is 32.1. The van der Waals surface area contributed by atoms with Crippen molar-refractivity contribution in [1.82, 2.24) is 15.1 Å². The molecule has 0 spiro atoms. The molecule has 88 valence electrons. The second-order valence-electron chi connectivity index (χ2n) is 4.04. The molecular weight excluding hydrogens is 230 g/mol. The molecule has 0 bridgehead atoms. The maximum absolute atomic E-state index is 11.1. The fourth-order valence-corrected chi connectivity index (χ4v) is 2.10. The lowest BCUT2D eigenvalue weighted by atomic mass is 9.93. The zero-order valence-electron chi connectivity index (χ0n) is 8.83. The summed E-state index contributed by atoms with van der Waals surface area (Å²) in [5, 5.41) is 16.7. The van der Waals surface area contributed by atoms with Gasteiger partial charge in [0, 0.05) is 6.54 Å². The molecule has 2 rings (SSSR count). The van der Waals surface area contributed by atoms with Crippen molar-refractivity contribution in [2.45, 2.75) is 31.0 Å². The van der Waals surface area contributed by atoms with E-state index < -0.39 is 6.09 Å². The highest BCUT2D eigenvalue weighted by molar-refractivity contribution is 7.80. The molecule has 0 aromatic carbocycles. The Morgan fingerprint density at radius 2 is 2.38 bits per heavy atom. The number of hydrogen-bond acceptors (Lipinski definition) is 5. The van der Waals surface area contributed by atoms with E-state index in [1.165, 1.54) is 4.90 Å². The molecule has 0 saturated carbocycles. The summed E-state index contributed by atoms with van der Waals surface area (Å²) in [6, 6.07) is -0.338. The van der Waals surface area contributed by atoms with Gasteiger partial charge in [-0.25, -0.2) is 4.79 Å². The van der Waals surface area contributed by atoms with Crippen LogP contribution >= 0.6 is 12.6 Å². The van der Waals surface area contributed by atoms with Crippen molar-refractivity contribution < 1.29 is 14.3 Å². The van der Waals surface area contributed by atoms with E-state index in [-0.39, 0.29) is 11.3 Å². The smallest absolute Gasteiger partial charge is 0.407 e. The van der Waals surface area contributed by atoms with Crippen LogP contribution in [0.25, 0.3) is 0 Å². The Labute approximate surface area is 98.1 Å². The number of nitrogens with zero attached hydrogens (tertiary/aromatic N) is 3. The van der Waals surface area contributed by atoms with Gasteiger partial charge in [0.25, 0.3) is 5.22 Å². The first kappa shape index (κ1) is 11.3. The number of thiol groups is 1. The van der Waals surface area contributed by atoms with Gasteiger partial charge in [-0.1, -0.05) is 19.6 Å². The zero-order chi connectivity index (χ0) is 11.7. The van der Waals surface area contributed by atoms with E-state index in [1.54, 1.807) is 0 Å². The van der Waals surface area contributed by atoms with Crippen LogP contribution < -0.4 is 0 Å². The topological polar surface area (TPSA) is 79.5 Å². The van der Waals surface area contributed by atoms with E-state index >= 15 is 0 Å². The summed E-state index contributed by atoms with van der Waals surface area (Å²) < 4.78 is 5.19. The van der Waals surface area contributed by atoms with Gasteiger partial charge < -0.3 is 9.52 Å². The fraction of sp³-hybridized carbons (Fsp3) is 0.667. The summed E-state index contributed by atoms with van der Waals surface area (Å²) in [5.74, 6) is 0.787. The molecule has 2 heterocycles. The first-order chi connectivity index (χ1) is 7.58. The van der Waals surface area contributed by atoms with Gasteiger partial charge in [-0.15, -0.1) is 10.2 Å². The summed E-state index contributed by atoms with van der Waals surface area (Å²) in [6.07, 6.45) is 0.627. The maximum atomic E-state index is 11.1. The Balaban J connectivity index is 2.23. The minimum absolute atomic E-state index is 0.165. The molecule has 1 aromatic rings. The number of likely N-dealkylation sites (tertiary alicyclic amines) is 1. The average Bonchev–Trinajstić information content (AvgIpc) is 2.64. The summed E-state index contributed by atoms with van der Waals surface area (Å²) in [5.41, 5.74) is 0. The molecule has 1 fully saturated rings. The molecule has 16 heavy (non-hydrogen) atoms. The molecule has 1 saturated heterocycles. The van der Waals surface area contributed by atoms with Gasteiger partial charge in [0.15, 0.2) is 0 Å². The standard InChI is InChI=1S/C9H13N3O3S/c1-5-2-3-12(9(13)14)6(4-5)7-10-11-8(16)15-7/h5-6H,2-4H2,1H3,(H,11,16)(H,13,14)/t5-,6-/m1/s1. The van der Waals surface area contributed by atoms with Gasteiger partial charge in [0.1, 0.15) is 6.04 Å². The van der Waals surface area contributed by atoms with E-state index in [0.717, 1.165) is 6.42 Å². The van der Waals surface area contributed by atoms with E-state index in [1.807, 2.05) is 0 Å². The summed E-state index contributed by atoms with van der Waals surface area (Å²) in [4.78, 5) is 12.4. The highest BCUT2D eigenvalue weighted by Gasteiger charge is 2.34. The lowest BCUT2D eigenvalue weighted by Gasteiger charge is -2.34. The largest absolute Gasteiger partial charge is 0.465 e. The second-order valence-corrected chi connectivity index (χ2v) is 4.43. The third-order valence-corrected chi connectivity index (χ3v) is 3.01. The van der Waals surface area contributed by atoms with Crippen LogP contribution in [0.15, 0.2) is 9.64 Å². The SMILES string of the molecule is C[C@@H]1CCN(C(=O)O)[C@@H](c2nnc(S)o2)C1. The predicted octanol–water partition coefficient (Wildman–Crippen LogP) is 1.81. The lowest BCUT2D eigenvalue weighted by molar-refractivity contribution is 0.0800. The van der Waals surface area contributed by atoms with Crippen LogP contribution in [0.1, 0.15) is 31.7 Å². The predicted molar refractivity (Wildman–Crippen MR) is 57.4 cm³/mol. The molecule has 2 atom stereocenters. The molecule has 1 aliphatic rings. The Morgan fingerprint density at radius 1 is 1.62 bits per heavy atom. The number of carboxylic acid groups (broad SMARTS) is 1. The van der Waals surface area contributed by atoms with E-state index in [4.69, 9.17) is 9.52 Å². The van der Waals surface area contributed by atoms with Crippen molar-refractivity contribution in [2.24, 2.45) is 5.92 Å². The Bertz CT molecular complexity index is 395. The first-order valence-corrected chi connectivity index (χ1v) is 5.54. The number of aromatic nitrogens is 2. The summed E-state index contributed by atoms with van der Waals surface area (Å²) in [7, 11) is 0. The number of hydrogen-bond donors (Lipinski definition) is 2. The average molecular weight is 243 g/mol. The Hall–Kier alpha value is -1.24. The minimum atomic E-state index is -0.948. The Kier molecular flexibility index (Phi) is 3.04. The second kappa shape index (κ2) is 4.32. The van der Waals surface area contributed by atoms with Crippen molar-refractivity contribution >= 4 is 18.7 Å². The number of rotatable bonds is 1. The molecule has 1 aromatic heterocycles. The zero-order valence-corrected chi connectivity index (χ0v) is 9.72. The van der Waals surface area contributed by atoms with Crippen molar-refractivity contribution in [3.63, 3.8) is 0 Å². The number of amides is 1. The van der Waals surface area contributed by atoms with Gasteiger partial charge in [-0.05, 0) is 18.8 Å².